The second kappa shape index (κ2) is 5.25. The molecule has 9 heteroatoms. The molecule has 1 unspecified atom stereocenters. The van der Waals surface area contributed by atoms with Crippen LogP contribution in [0.2, 0.25) is 0 Å². The van der Waals surface area contributed by atoms with Crippen molar-refractivity contribution in [1.82, 2.24) is 0 Å². The maximum atomic E-state index is 10.5. The molecule has 0 spiro atoms. The molecule has 1 atom stereocenters. The van der Waals surface area contributed by atoms with Gasteiger partial charge in [-0.3, -0.25) is 20.2 Å². The summed E-state index contributed by atoms with van der Waals surface area (Å²) in [5.41, 5.74) is -0.165. The van der Waals surface area contributed by atoms with Crippen LogP contribution in [0.3, 0.4) is 0 Å². The monoisotopic (exact) mass is 258 g/mol. The first-order valence-electron chi connectivity index (χ1n) is 4.19. The summed E-state index contributed by atoms with van der Waals surface area (Å²) in [5.74, 6) is -1.57. The first-order chi connectivity index (χ1) is 7.91. The van der Waals surface area contributed by atoms with Crippen LogP contribution in [-0.2, 0) is 4.79 Å². The molecule has 90 valence electrons. The maximum Gasteiger partial charge on any atom is 0.390 e. The number of hydrogen-bond donors (Lipinski definition) is 1. The molecule has 0 heterocycles. The molecule has 0 saturated carbocycles. The van der Waals surface area contributed by atoms with Crippen LogP contribution < -0.4 is 0 Å². The lowest BCUT2D eigenvalue weighted by Crippen LogP contribution is -2.25. The van der Waals surface area contributed by atoms with E-state index in [4.69, 9.17) is 5.11 Å². The fraction of sp³-hybridized carbons (Fsp3) is 0.125. The third-order valence-corrected chi connectivity index (χ3v) is 2.84. The van der Waals surface area contributed by atoms with E-state index in [2.05, 4.69) is 0 Å². The fourth-order valence-corrected chi connectivity index (χ4v) is 1.70. The highest BCUT2D eigenvalue weighted by atomic mass is 32.2. The van der Waals surface area contributed by atoms with Gasteiger partial charge in [-0.1, -0.05) is 0 Å². The Bertz CT molecular complexity index is 446. The highest BCUT2D eigenvalue weighted by Crippen LogP contribution is 2.25. The van der Waals surface area contributed by atoms with Crippen molar-refractivity contribution in [3.05, 3.63) is 44.5 Å². The largest absolute Gasteiger partial charge is 0.475 e. The number of non-ortho nitro benzene ring substituents is 1. The molecule has 1 rings (SSSR count). The molecule has 0 aliphatic rings. The molecule has 0 aromatic heterocycles. The predicted molar refractivity (Wildman–Crippen MR) is 57.4 cm³/mol. The van der Waals surface area contributed by atoms with E-state index in [0.717, 1.165) is 12.1 Å². The average Bonchev–Trinajstić information content (AvgIpc) is 2.25. The van der Waals surface area contributed by atoms with Gasteiger partial charge >= 0.3 is 11.3 Å². The van der Waals surface area contributed by atoms with Crippen LogP contribution in [0, 0.1) is 20.2 Å². The average molecular weight is 258 g/mol. The van der Waals surface area contributed by atoms with Gasteiger partial charge in [0.2, 0.25) is 0 Å². The zero-order valence-electron chi connectivity index (χ0n) is 8.18. The smallest absolute Gasteiger partial charge is 0.390 e. The SMILES string of the molecule is O=C(O)C(Sc1ccc([N+](=O)[O-])cc1)[N+](=O)[O-]. The minimum absolute atomic E-state index is 0.165. The Labute approximate surface area is 98.5 Å². The van der Waals surface area contributed by atoms with E-state index in [1.54, 1.807) is 0 Å². The van der Waals surface area contributed by atoms with Gasteiger partial charge in [-0.25, -0.2) is 4.79 Å². The molecule has 0 saturated heterocycles. The number of carbonyl (C=O) groups is 1. The first kappa shape index (κ1) is 12.9. The highest BCUT2D eigenvalue weighted by Gasteiger charge is 2.30. The standard InChI is InChI=1S/C8H6N2O6S/c11-8(12)7(10(15)16)17-6-3-1-5(2-4-6)9(13)14/h1-4,7H,(H,11,12). The lowest BCUT2D eigenvalue weighted by atomic mass is 10.3. The first-order valence-corrected chi connectivity index (χ1v) is 5.07. The number of benzene rings is 1. The zero-order chi connectivity index (χ0) is 13.0. The van der Waals surface area contributed by atoms with E-state index in [1.807, 2.05) is 0 Å². The molecule has 0 aliphatic carbocycles. The normalized spacial score (nSPS) is 11.8. The third kappa shape index (κ3) is 3.41. The topological polar surface area (TPSA) is 124 Å². The van der Waals surface area contributed by atoms with E-state index in [-0.39, 0.29) is 10.6 Å². The lowest BCUT2D eigenvalue weighted by molar-refractivity contribution is -0.484. The van der Waals surface area contributed by atoms with Crippen LogP contribution in [0.4, 0.5) is 5.69 Å². The zero-order valence-corrected chi connectivity index (χ0v) is 8.99. The predicted octanol–water partition coefficient (Wildman–Crippen LogP) is 1.37. The highest BCUT2D eigenvalue weighted by molar-refractivity contribution is 8.00. The van der Waals surface area contributed by atoms with Crippen molar-refractivity contribution in [2.24, 2.45) is 0 Å². The summed E-state index contributed by atoms with van der Waals surface area (Å²) < 4.78 is 0. The van der Waals surface area contributed by atoms with E-state index in [9.17, 15) is 25.0 Å². The Balaban J connectivity index is 2.84. The number of rotatable bonds is 5. The molecule has 1 N–H and O–H groups in total. The van der Waals surface area contributed by atoms with Crippen molar-refractivity contribution < 1.29 is 19.7 Å². The Morgan fingerprint density at radius 3 is 2.12 bits per heavy atom. The van der Waals surface area contributed by atoms with Gasteiger partial charge in [0.15, 0.2) is 0 Å². The maximum absolute atomic E-state index is 10.5. The number of aliphatic carboxylic acids is 1. The van der Waals surface area contributed by atoms with Crippen molar-refractivity contribution in [2.45, 2.75) is 10.3 Å². The Morgan fingerprint density at radius 2 is 1.76 bits per heavy atom. The van der Waals surface area contributed by atoms with Gasteiger partial charge in [0, 0.05) is 22.0 Å². The van der Waals surface area contributed by atoms with Crippen LogP contribution in [0.15, 0.2) is 29.2 Å². The summed E-state index contributed by atoms with van der Waals surface area (Å²) in [6.07, 6.45) is 0. The molecule has 8 nitrogen and oxygen atoms in total. The number of thioether (sulfide) groups is 1. The number of nitrogens with zero attached hydrogens (tertiary/aromatic N) is 2. The van der Waals surface area contributed by atoms with Crippen molar-refractivity contribution in [2.75, 3.05) is 0 Å². The Morgan fingerprint density at radius 1 is 1.24 bits per heavy atom. The minimum atomic E-state index is -1.82. The van der Waals surface area contributed by atoms with Gasteiger partial charge in [0.25, 0.3) is 5.69 Å². The van der Waals surface area contributed by atoms with Gasteiger partial charge in [-0.05, 0) is 23.9 Å². The number of hydrogen-bond acceptors (Lipinski definition) is 6. The molecular weight excluding hydrogens is 252 g/mol. The minimum Gasteiger partial charge on any atom is -0.475 e. The van der Waals surface area contributed by atoms with E-state index in [1.165, 1.54) is 12.1 Å². The van der Waals surface area contributed by atoms with Gasteiger partial charge in [-0.2, -0.15) is 0 Å². The van der Waals surface area contributed by atoms with Gasteiger partial charge < -0.3 is 5.11 Å². The molecule has 0 fully saturated rings. The van der Waals surface area contributed by atoms with Gasteiger partial charge in [-0.15, -0.1) is 0 Å². The van der Waals surface area contributed by atoms with Crippen LogP contribution in [0.1, 0.15) is 0 Å². The second-order valence-electron chi connectivity index (χ2n) is 2.84. The molecule has 1 aromatic carbocycles. The Hall–Kier alpha value is -2.16. The van der Waals surface area contributed by atoms with Crippen molar-refractivity contribution in [3.63, 3.8) is 0 Å². The number of carboxylic acid groups (broad SMARTS) is 1. The number of nitro groups is 2. The molecular formula is C8H6N2O6S. The molecule has 1 aromatic rings. The number of nitro benzene ring substituents is 1. The summed E-state index contributed by atoms with van der Waals surface area (Å²) in [6, 6.07) is 4.84. The molecule has 0 bridgehead atoms. The van der Waals surface area contributed by atoms with Gasteiger partial charge in [0.05, 0.1) is 4.92 Å². The lowest BCUT2D eigenvalue weighted by Gasteiger charge is -2.03. The summed E-state index contributed by atoms with van der Waals surface area (Å²) >= 11 is 0.504. The second-order valence-corrected chi connectivity index (χ2v) is 4.00. The van der Waals surface area contributed by atoms with Crippen molar-refractivity contribution >= 4 is 23.4 Å². The van der Waals surface area contributed by atoms with E-state index >= 15 is 0 Å². The van der Waals surface area contributed by atoms with Crippen LogP contribution in [0.25, 0.3) is 0 Å². The number of carboxylic acids is 1. The van der Waals surface area contributed by atoms with Gasteiger partial charge in [0.1, 0.15) is 0 Å². The fourth-order valence-electron chi connectivity index (χ4n) is 0.959. The van der Waals surface area contributed by atoms with Crippen LogP contribution >= 0.6 is 11.8 Å². The van der Waals surface area contributed by atoms with E-state index < -0.39 is 21.2 Å². The van der Waals surface area contributed by atoms with E-state index in [0.29, 0.717) is 11.8 Å². The van der Waals surface area contributed by atoms with Crippen LogP contribution in [-0.4, -0.2) is 26.3 Å². The summed E-state index contributed by atoms with van der Waals surface area (Å²) in [5, 5.41) is 27.5. The van der Waals surface area contributed by atoms with Crippen LogP contribution in [0.5, 0.6) is 0 Å². The molecule has 0 amide bonds. The molecule has 0 aliphatic heterocycles. The summed E-state index contributed by atoms with van der Waals surface area (Å²) in [7, 11) is 0. The molecule has 17 heavy (non-hydrogen) atoms. The summed E-state index contributed by atoms with van der Waals surface area (Å²) in [4.78, 5) is 30.0. The quantitative estimate of drug-likeness (QED) is 0.366. The third-order valence-electron chi connectivity index (χ3n) is 1.70. The molecule has 0 radical (unpaired) electrons. The summed E-state index contributed by atoms with van der Waals surface area (Å²) in [6.45, 7) is 0. The van der Waals surface area contributed by atoms with Crippen molar-refractivity contribution in [1.29, 1.82) is 0 Å². The Kier molecular flexibility index (Phi) is 3.99. The van der Waals surface area contributed by atoms with Crippen molar-refractivity contribution in [3.8, 4) is 0 Å².